The summed E-state index contributed by atoms with van der Waals surface area (Å²) >= 11 is 0. The second-order valence-corrected chi connectivity index (χ2v) is 5.19. The summed E-state index contributed by atoms with van der Waals surface area (Å²) in [6.07, 6.45) is 2.79. The lowest BCUT2D eigenvalue weighted by molar-refractivity contribution is -0.145. The number of aliphatic carboxylic acids is 1. The van der Waals surface area contributed by atoms with E-state index in [1.165, 1.54) is 0 Å². The molecule has 1 heterocycles. The number of rotatable bonds is 4. The predicted octanol–water partition coefficient (Wildman–Crippen LogP) is 0.545. The van der Waals surface area contributed by atoms with Crippen molar-refractivity contribution in [3.05, 3.63) is 0 Å². The van der Waals surface area contributed by atoms with E-state index in [0.717, 1.165) is 19.4 Å². The Labute approximate surface area is 101 Å². The number of hydrogen-bond donors (Lipinski definition) is 1. The fourth-order valence-corrected chi connectivity index (χ4v) is 2.79. The van der Waals surface area contributed by atoms with E-state index in [1.54, 1.807) is 11.9 Å². The Morgan fingerprint density at radius 2 is 2.12 bits per heavy atom. The number of nitrogens with zero attached hydrogens (tertiary/aromatic N) is 2. The Kier molecular flexibility index (Phi) is 3.38. The van der Waals surface area contributed by atoms with E-state index in [0.29, 0.717) is 18.5 Å². The van der Waals surface area contributed by atoms with Crippen molar-refractivity contribution in [1.82, 2.24) is 9.80 Å². The third-order valence-corrected chi connectivity index (χ3v) is 3.67. The minimum absolute atomic E-state index is 0.0696. The first-order valence-electron chi connectivity index (χ1n) is 6.25. The van der Waals surface area contributed by atoms with E-state index in [1.807, 2.05) is 0 Å². The fourth-order valence-electron chi connectivity index (χ4n) is 2.79. The van der Waals surface area contributed by atoms with Crippen molar-refractivity contribution in [2.24, 2.45) is 0 Å². The van der Waals surface area contributed by atoms with Gasteiger partial charge in [0, 0.05) is 32.1 Å². The summed E-state index contributed by atoms with van der Waals surface area (Å²) in [5.74, 6) is -0.745. The lowest BCUT2D eigenvalue weighted by Gasteiger charge is -2.44. The summed E-state index contributed by atoms with van der Waals surface area (Å²) in [7, 11) is 1.80. The average Bonchev–Trinajstić information content (AvgIpc) is 3.04. The third kappa shape index (κ3) is 2.60. The van der Waals surface area contributed by atoms with Crippen LogP contribution in [0.15, 0.2) is 0 Å². The maximum Gasteiger partial charge on any atom is 0.303 e. The Morgan fingerprint density at radius 1 is 1.47 bits per heavy atom. The third-order valence-electron chi connectivity index (χ3n) is 3.67. The van der Waals surface area contributed by atoms with E-state index in [9.17, 15) is 9.59 Å². The van der Waals surface area contributed by atoms with Gasteiger partial charge in [-0.2, -0.15) is 0 Å². The van der Waals surface area contributed by atoms with Gasteiger partial charge < -0.3 is 10.0 Å². The highest BCUT2D eigenvalue weighted by Crippen LogP contribution is 2.34. The molecule has 2 atom stereocenters. The van der Waals surface area contributed by atoms with Crippen LogP contribution in [0.2, 0.25) is 0 Å². The Hall–Kier alpha value is -1.10. The monoisotopic (exact) mass is 240 g/mol. The van der Waals surface area contributed by atoms with Gasteiger partial charge in [0.15, 0.2) is 0 Å². The second kappa shape index (κ2) is 4.64. The molecule has 0 aromatic heterocycles. The van der Waals surface area contributed by atoms with Crippen molar-refractivity contribution in [3.8, 4) is 0 Å². The molecule has 1 saturated heterocycles. The maximum atomic E-state index is 12.1. The number of carboxylic acids is 1. The van der Waals surface area contributed by atoms with Gasteiger partial charge in [-0.15, -0.1) is 0 Å². The molecule has 2 unspecified atom stereocenters. The smallest absolute Gasteiger partial charge is 0.303 e. The first kappa shape index (κ1) is 12.4. The summed E-state index contributed by atoms with van der Waals surface area (Å²) in [6, 6.07) is 0.609. The van der Waals surface area contributed by atoms with Crippen molar-refractivity contribution in [3.63, 3.8) is 0 Å². The number of amides is 1. The predicted molar refractivity (Wildman–Crippen MR) is 62.6 cm³/mol. The van der Waals surface area contributed by atoms with Crippen LogP contribution in [0.25, 0.3) is 0 Å². The number of piperazine rings is 1. The zero-order valence-corrected chi connectivity index (χ0v) is 10.4. The topological polar surface area (TPSA) is 60.9 Å². The molecule has 0 aromatic carbocycles. The minimum atomic E-state index is -0.825. The number of likely N-dealkylation sites (N-methyl/N-ethyl adjacent to an activating group) is 1. The average molecular weight is 240 g/mol. The van der Waals surface area contributed by atoms with E-state index in [4.69, 9.17) is 5.11 Å². The SMILES string of the molecule is CC1CN(C)C(=O)C(CCC(=O)O)N1C1CC1. The summed E-state index contributed by atoms with van der Waals surface area (Å²) in [4.78, 5) is 26.8. The van der Waals surface area contributed by atoms with Crippen LogP contribution in [0.4, 0.5) is 0 Å². The molecule has 5 heteroatoms. The van der Waals surface area contributed by atoms with Gasteiger partial charge in [0.2, 0.25) is 5.91 Å². The Morgan fingerprint density at radius 3 is 2.65 bits per heavy atom. The molecule has 1 aliphatic carbocycles. The van der Waals surface area contributed by atoms with E-state index >= 15 is 0 Å². The van der Waals surface area contributed by atoms with Gasteiger partial charge in [0.1, 0.15) is 0 Å². The zero-order chi connectivity index (χ0) is 12.6. The summed E-state index contributed by atoms with van der Waals surface area (Å²) in [5, 5.41) is 8.76. The van der Waals surface area contributed by atoms with Crippen LogP contribution in [0.5, 0.6) is 0 Å². The van der Waals surface area contributed by atoms with Crippen LogP contribution in [0.3, 0.4) is 0 Å². The molecule has 1 amide bonds. The van der Waals surface area contributed by atoms with Crippen LogP contribution in [0, 0.1) is 0 Å². The van der Waals surface area contributed by atoms with Crippen LogP contribution in [-0.4, -0.2) is 58.5 Å². The van der Waals surface area contributed by atoms with Gasteiger partial charge in [-0.05, 0) is 26.2 Å². The van der Waals surface area contributed by atoms with Crippen molar-refractivity contribution in [1.29, 1.82) is 0 Å². The fraction of sp³-hybridized carbons (Fsp3) is 0.833. The van der Waals surface area contributed by atoms with Gasteiger partial charge in [0.05, 0.1) is 6.04 Å². The molecule has 1 saturated carbocycles. The lowest BCUT2D eigenvalue weighted by atomic mass is 10.0. The molecule has 0 radical (unpaired) electrons. The maximum absolute atomic E-state index is 12.1. The van der Waals surface area contributed by atoms with Crippen LogP contribution in [0.1, 0.15) is 32.6 Å². The minimum Gasteiger partial charge on any atom is -0.481 e. The second-order valence-electron chi connectivity index (χ2n) is 5.19. The van der Waals surface area contributed by atoms with Crippen molar-refractivity contribution >= 4 is 11.9 Å². The number of carbonyl (C=O) groups is 2. The van der Waals surface area contributed by atoms with Crippen molar-refractivity contribution in [2.45, 2.75) is 50.7 Å². The van der Waals surface area contributed by atoms with Crippen molar-refractivity contribution < 1.29 is 14.7 Å². The van der Waals surface area contributed by atoms with Gasteiger partial charge in [-0.25, -0.2) is 0 Å². The molecule has 2 rings (SSSR count). The molecule has 0 spiro atoms. The molecule has 5 nitrogen and oxygen atoms in total. The Bertz CT molecular complexity index is 328. The van der Waals surface area contributed by atoms with E-state index < -0.39 is 5.97 Å². The van der Waals surface area contributed by atoms with Crippen LogP contribution in [-0.2, 0) is 9.59 Å². The standard InChI is InChI=1S/C12H20N2O3/c1-8-7-13(2)12(17)10(5-6-11(15)16)14(8)9-3-4-9/h8-10H,3-7H2,1-2H3,(H,15,16). The molecule has 0 aromatic rings. The summed E-state index contributed by atoms with van der Waals surface area (Å²) < 4.78 is 0. The molecule has 2 aliphatic rings. The van der Waals surface area contributed by atoms with Gasteiger partial charge in [-0.3, -0.25) is 14.5 Å². The molecule has 2 fully saturated rings. The highest BCUT2D eigenvalue weighted by molar-refractivity contribution is 5.83. The molecule has 96 valence electrons. The highest BCUT2D eigenvalue weighted by Gasteiger charge is 2.44. The molecule has 1 N–H and O–H groups in total. The summed E-state index contributed by atoms with van der Waals surface area (Å²) in [6.45, 7) is 2.87. The van der Waals surface area contributed by atoms with Gasteiger partial charge >= 0.3 is 5.97 Å². The lowest BCUT2D eigenvalue weighted by Crippen LogP contribution is -2.60. The quantitative estimate of drug-likeness (QED) is 0.779. The number of carboxylic acid groups (broad SMARTS) is 1. The van der Waals surface area contributed by atoms with Crippen LogP contribution >= 0.6 is 0 Å². The first-order valence-corrected chi connectivity index (χ1v) is 6.25. The Balaban J connectivity index is 2.08. The molecular weight excluding hydrogens is 220 g/mol. The van der Waals surface area contributed by atoms with Crippen molar-refractivity contribution in [2.75, 3.05) is 13.6 Å². The zero-order valence-electron chi connectivity index (χ0n) is 10.4. The van der Waals surface area contributed by atoms with Gasteiger partial charge in [-0.1, -0.05) is 0 Å². The largest absolute Gasteiger partial charge is 0.481 e. The highest BCUT2D eigenvalue weighted by atomic mass is 16.4. The van der Waals surface area contributed by atoms with E-state index in [-0.39, 0.29) is 18.4 Å². The molecule has 0 bridgehead atoms. The normalized spacial score (nSPS) is 30.7. The van der Waals surface area contributed by atoms with Crippen LogP contribution < -0.4 is 0 Å². The molecular formula is C12H20N2O3. The van der Waals surface area contributed by atoms with E-state index in [2.05, 4.69) is 11.8 Å². The first-order chi connectivity index (χ1) is 8.00. The molecule has 1 aliphatic heterocycles. The number of carbonyl (C=O) groups excluding carboxylic acids is 1. The summed E-state index contributed by atoms with van der Waals surface area (Å²) in [5.41, 5.74) is 0. The number of hydrogen-bond acceptors (Lipinski definition) is 3. The van der Waals surface area contributed by atoms with Gasteiger partial charge in [0.25, 0.3) is 0 Å². The molecule has 17 heavy (non-hydrogen) atoms.